The molecule has 2 heteroatoms. The van der Waals surface area contributed by atoms with Crippen LogP contribution in [0.25, 0.3) is 10.8 Å². The second-order valence-corrected chi connectivity index (χ2v) is 4.83. The highest BCUT2D eigenvalue weighted by atomic mass is 15.0. The number of fused-ring (bicyclic) bond motifs is 1. The molecule has 0 bridgehead atoms. The lowest BCUT2D eigenvalue weighted by atomic mass is 9.94. The highest BCUT2D eigenvalue weighted by Crippen LogP contribution is 2.25. The smallest absolute Gasteiger partial charge is 0.0828 e. The molecule has 2 aromatic rings. The normalized spacial score (nSPS) is 18.2. The molecule has 0 radical (unpaired) electrons. The largest absolute Gasteiger partial charge is 0.374 e. The molecule has 3 rings (SSSR count). The van der Waals surface area contributed by atoms with Crippen LogP contribution in [0.5, 0.6) is 0 Å². The van der Waals surface area contributed by atoms with Gasteiger partial charge in [0.25, 0.3) is 0 Å². The molecule has 0 aromatic heterocycles. The molecule has 18 heavy (non-hydrogen) atoms. The van der Waals surface area contributed by atoms with Crippen molar-refractivity contribution < 1.29 is 0 Å². The quantitative estimate of drug-likeness (QED) is 0.873. The summed E-state index contributed by atoms with van der Waals surface area (Å²) in [6, 6.07) is 13.6. The van der Waals surface area contributed by atoms with E-state index in [0.29, 0.717) is 6.04 Å². The highest BCUT2D eigenvalue weighted by Gasteiger charge is 2.13. The molecule has 1 atom stereocenters. The van der Waals surface area contributed by atoms with Gasteiger partial charge in [-0.05, 0) is 34.7 Å². The van der Waals surface area contributed by atoms with Crippen LogP contribution in [0.4, 0.5) is 0 Å². The van der Waals surface area contributed by atoms with Crippen molar-refractivity contribution in [2.75, 3.05) is 6.54 Å². The predicted octanol–water partition coefficient (Wildman–Crippen LogP) is 2.94. The van der Waals surface area contributed by atoms with Crippen LogP contribution in [-0.4, -0.2) is 18.9 Å². The molecule has 0 saturated carbocycles. The summed E-state index contributed by atoms with van der Waals surface area (Å²) in [5.74, 6) is 0. The van der Waals surface area contributed by atoms with Crippen LogP contribution >= 0.6 is 0 Å². The molecule has 2 nitrogen and oxygen atoms in total. The zero-order valence-corrected chi connectivity index (χ0v) is 10.7. The van der Waals surface area contributed by atoms with Crippen LogP contribution < -0.4 is 5.32 Å². The third-order valence-electron chi connectivity index (χ3n) is 3.64. The first-order valence-corrected chi connectivity index (χ1v) is 6.63. The lowest BCUT2D eigenvalue weighted by Crippen LogP contribution is -2.17. The number of rotatable bonds is 3. The third-order valence-corrected chi connectivity index (χ3v) is 3.64. The summed E-state index contributed by atoms with van der Waals surface area (Å²) in [5.41, 5.74) is 2.87. The molecule has 0 unspecified atom stereocenters. The number of aliphatic imine (C=N–C) groups is 1. The fourth-order valence-electron chi connectivity index (χ4n) is 2.74. The molecule has 1 aliphatic heterocycles. The molecule has 0 aliphatic carbocycles. The third kappa shape index (κ3) is 1.99. The topological polar surface area (TPSA) is 24.4 Å². The van der Waals surface area contributed by atoms with Gasteiger partial charge in [0.15, 0.2) is 0 Å². The van der Waals surface area contributed by atoms with E-state index >= 15 is 0 Å². The minimum atomic E-state index is 0.389. The van der Waals surface area contributed by atoms with Gasteiger partial charge in [0, 0.05) is 6.54 Å². The molecule has 1 heterocycles. The second-order valence-electron chi connectivity index (χ2n) is 4.83. The van der Waals surface area contributed by atoms with Crippen molar-refractivity contribution in [3.63, 3.8) is 0 Å². The van der Waals surface area contributed by atoms with Gasteiger partial charge in [0.05, 0.1) is 12.4 Å². The Balaban J connectivity index is 2.07. The van der Waals surface area contributed by atoms with Gasteiger partial charge >= 0.3 is 0 Å². The van der Waals surface area contributed by atoms with Crippen molar-refractivity contribution in [2.45, 2.75) is 25.8 Å². The molecule has 1 N–H and O–H groups in total. The first kappa shape index (κ1) is 11.3. The first-order valence-electron chi connectivity index (χ1n) is 6.63. The van der Waals surface area contributed by atoms with Crippen molar-refractivity contribution >= 4 is 17.1 Å². The van der Waals surface area contributed by atoms with E-state index in [-0.39, 0.29) is 0 Å². The number of hydrogen-bond acceptors (Lipinski definition) is 2. The lowest BCUT2D eigenvalue weighted by Gasteiger charge is -2.12. The Bertz CT molecular complexity index is 581. The maximum atomic E-state index is 4.46. The zero-order valence-electron chi connectivity index (χ0n) is 10.7. The van der Waals surface area contributed by atoms with Crippen molar-refractivity contribution in [3.8, 4) is 0 Å². The van der Waals surface area contributed by atoms with E-state index in [2.05, 4.69) is 53.6 Å². The van der Waals surface area contributed by atoms with E-state index in [9.17, 15) is 0 Å². The summed E-state index contributed by atoms with van der Waals surface area (Å²) in [4.78, 5) is 4.46. The van der Waals surface area contributed by atoms with Crippen LogP contribution in [0, 0.1) is 0 Å². The van der Waals surface area contributed by atoms with Crippen LogP contribution in [0.2, 0.25) is 0 Å². The average molecular weight is 238 g/mol. The molecule has 2 aromatic carbocycles. The predicted molar refractivity (Wildman–Crippen MR) is 77.3 cm³/mol. The second kappa shape index (κ2) is 4.81. The van der Waals surface area contributed by atoms with Gasteiger partial charge in [-0.1, -0.05) is 43.3 Å². The summed E-state index contributed by atoms with van der Waals surface area (Å²) >= 11 is 0. The van der Waals surface area contributed by atoms with E-state index in [1.54, 1.807) is 0 Å². The number of nitrogens with one attached hydrogen (secondary N) is 1. The Labute approximate surface area is 108 Å². The molecule has 0 amide bonds. The Morgan fingerprint density at radius 1 is 1.17 bits per heavy atom. The summed E-state index contributed by atoms with van der Waals surface area (Å²) in [6.45, 7) is 3.19. The monoisotopic (exact) mass is 238 g/mol. The van der Waals surface area contributed by atoms with E-state index in [1.807, 2.05) is 6.34 Å². The maximum Gasteiger partial charge on any atom is 0.0828 e. The van der Waals surface area contributed by atoms with Crippen LogP contribution in [0.3, 0.4) is 0 Å². The van der Waals surface area contributed by atoms with E-state index in [1.165, 1.54) is 21.9 Å². The Hall–Kier alpha value is -1.83. The molecule has 92 valence electrons. The fourth-order valence-corrected chi connectivity index (χ4v) is 2.74. The van der Waals surface area contributed by atoms with Crippen LogP contribution in [0.15, 0.2) is 41.4 Å². The van der Waals surface area contributed by atoms with Gasteiger partial charge in [-0.25, -0.2) is 0 Å². The SMILES string of the molecule is CCc1cccc2cccc(C[C@H]3CNC=N3)c12. The highest BCUT2D eigenvalue weighted by molar-refractivity contribution is 5.89. The molecule has 0 fully saturated rings. The average Bonchev–Trinajstić information content (AvgIpc) is 2.91. The summed E-state index contributed by atoms with van der Waals surface area (Å²) in [7, 11) is 0. The van der Waals surface area contributed by atoms with Crippen molar-refractivity contribution in [1.29, 1.82) is 0 Å². The van der Waals surface area contributed by atoms with Crippen LogP contribution in [0.1, 0.15) is 18.1 Å². The van der Waals surface area contributed by atoms with Gasteiger partial charge in [-0.3, -0.25) is 4.99 Å². The Kier molecular flexibility index (Phi) is 3.01. The van der Waals surface area contributed by atoms with E-state index in [0.717, 1.165) is 19.4 Å². The maximum absolute atomic E-state index is 4.46. The van der Waals surface area contributed by atoms with Gasteiger partial charge in [0.1, 0.15) is 0 Å². The molecular formula is C16H18N2. The van der Waals surface area contributed by atoms with Crippen molar-refractivity contribution in [1.82, 2.24) is 5.32 Å². The molecular weight excluding hydrogens is 220 g/mol. The summed E-state index contributed by atoms with van der Waals surface area (Å²) < 4.78 is 0. The van der Waals surface area contributed by atoms with Gasteiger partial charge in [-0.2, -0.15) is 0 Å². The minimum Gasteiger partial charge on any atom is -0.374 e. The zero-order chi connectivity index (χ0) is 12.4. The standard InChI is InChI=1S/C16H18N2/c1-2-12-5-3-6-13-7-4-8-14(16(12)13)9-15-10-17-11-18-15/h3-8,11,15H,2,9-10H2,1H3,(H,17,18)/t15-/m0/s1. The molecule has 0 saturated heterocycles. The number of aryl methyl sites for hydroxylation is 1. The molecule has 1 aliphatic rings. The molecule has 0 spiro atoms. The first-order chi connectivity index (χ1) is 8.88. The fraction of sp³-hybridized carbons (Fsp3) is 0.312. The summed E-state index contributed by atoms with van der Waals surface area (Å²) in [6.07, 6.45) is 3.94. The number of hydrogen-bond donors (Lipinski definition) is 1. The Morgan fingerprint density at radius 2 is 1.94 bits per heavy atom. The Morgan fingerprint density at radius 3 is 2.61 bits per heavy atom. The van der Waals surface area contributed by atoms with E-state index < -0.39 is 0 Å². The summed E-state index contributed by atoms with van der Waals surface area (Å²) in [5, 5.41) is 5.96. The number of benzene rings is 2. The van der Waals surface area contributed by atoms with Gasteiger partial charge < -0.3 is 5.32 Å². The van der Waals surface area contributed by atoms with Crippen LogP contribution in [-0.2, 0) is 12.8 Å². The number of nitrogens with zero attached hydrogens (tertiary/aromatic N) is 1. The van der Waals surface area contributed by atoms with Gasteiger partial charge in [-0.15, -0.1) is 0 Å². The van der Waals surface area contributed by atoms with Gasteiger partial charge in [0.2, 0.25) is 0 Å². The lowest BCUT2D eigenvalue weighted by molar-refractivity contribution is 0.695. The van der Waals surface area contributed by atoms with E-state index in [4.69, 9.17) is 0 Å². The van der Waals surface area contributed by atoms with Crippen molar-refractivity contribution in [2.24, 2.45) is 4.99 Å². The van der Waals surface area contributed by atoms with Crippen molar-refractivity contribution in [3.05, 3.63) is 47.5 Å². The minimum absolute atomic E-state index is 0.389.